The fourth-order valence-corrected chi connectivity index (χ4v) is 3.04. The highest BCUT2D eigenvalue weighted by Gasteiger charge is 2.18. The molecule has 25 heavy (non-hydrogen) atoms. The van der Waals surface area contributed by atoms with Gasteiger partial charge >= 0.3 is 0 Å². The Morgan fingerprint density at radius 3 is 2.56 bits per heavy atom. The van der Waals surface area contributed by atoms with E-state index in [0.29, 0.717) is 5.02 Å². The van der Waals surface area contributed by atoms with Crippen molar-refractivity contribution in [2.45, 2.75) is 13.8 Å². The minimum Gasteiger partial charge on any atom is -0.345 e. The molecule has 126 valence electrons. The standard InChI is InChI=1S/C19H18ClN5/c1-4-24(3)19-21-16-10-5-12(2)11-15(16)18-23-22-17(25(18)19)13-6-8-14(20)9-7-13/h5-11H,4H2,1-3H3. The molecule has 0 saturated heterocycles. The van der Waals surface area contributed by atoms with Crippen molar-refractivity contribution in [2.75, 3.05) is 18.5 Å². The van der Waals surface area contributed by atoms with Crippen molar-refractivity contribution in [1.29, 1.82) is 0 Å². The zero-order chi connectivity index (χ0) is 17.6. The lowest BCUT2D eigenvalue weighted by atomic mass is 10.1. The molecule has 4 rings (SSSR count). The molecule has 2 aromatic carbocycles. The molecule has 2 aromatic heterocycles. The maximum absolute atomic E-state index is 6.03. The minimum absolute atomic E-state index is 0.697. The van der Waals surface area contributed by atoms with Crippen LogP contribution in [0.5, 0.6) is 0 Å². The third-order valence-corrected chi connectivity index (χ3v) is 4.65. The summed E-state index contributed by atoms with van der Waals surface area (Å²) >= 11 is 6.03. The lowest BCUT2D eigenvalue weighted by molar-refractivity contribution is 0.890. The Labute approximate surface area is 150 Å². The van der Waals surface area contributed by atoms with E-state index < -0.39 is 0 Å². The van der Waals surface area contributed by atoms with Gasteiger partial charge in [0.15, 0.2) is 11.5 Å². The normalized spacial score (nSPS) is 11.4. The second-order valence-corrected chi connectivity index (χ2v) is 6.57. The van der Waals surface area contributed by atoms with E-state index in [-0.39, 0.29) is 0 Å². The van der Waals surface area contributed by atoms with E-state index in [0.717, 1.165) is 40.4 Å². The van der Waals surface area contributed by atoms with E-state index in [1.807, 2.05) is 41.8 Å². The summed E-state index contributed by atoms with van der Waals surface area (Å²) < 4.78 is 2.02. The van der Waals surface area contributed by atoms with Crippen LogP contribution in [0, 0.1) is 6.92 Å². The van der Waals surface area contributed by atoms with Crippen LogP contribution in [0.4, 0.5) is 5.95 Å². The van der Waals surface area contributed by atoms with Gasteiger partial charge in [-0.25, -0.2) is 9.38 Å². The Hall–Kier alpha value is -2.66. The molecule has 2 heterocycles. The molecule has 0 atom stereocenters. The summed E-state index contributed by atoms with van der Waals surface area (Å²) in [7, 11) is 2.02. The summed E-state index contributed by atoms with van der Waals surface area (Å²) in [5.74, 6) is 1.58. The number of fused-ring (bicyclic) bond motifs is 3. The van der Waals surface area contributed by atoms with Gasteiger partial charge in [-0.3, -0.25) is 0 Å². The number of rotatable bonds is 3. The number of anilines is 1. The number of hydrogen-bond acceptors (Lipinski definition) is 4. The molecule has 5 nitrogen and oxygen atoms in total. The Morgan fingerprint density at radius 2 is 1.84 bits per heavy atom. The number of benzene rings is 2. The fraction of sp³-hybridized carbons (Fsp3) is 0.211. The highest BCUT2D eigenvalue weighted by atomic mass is 35.5. The second kappa shape index (κ2) is 6.01. The predicted octanol–water partition coefficient (Wildman–Crippen LogP) is 4.36. The van der Waals surface area contributed by atoms with Crippen molar-refractivity contribution < 1.29 is 0 Å². The first kappa shape index (κ1) is 15.8. The smallest absolute Gasteiger partial charge is 0.213 e. The summed E-state index contributed by atoms with van der Waals surface area (Å²) in [4.78, 5) is 6.97. The minimum atomic E-state index is 0.697. The van der Waals surface area contributed by atoms with Crippen molar-refractivity contribution in [2.24, 2.45) is 0 Å². The third-order valence-electron chi connectivity index (χ3n) is 4.39. The lowest BCUT2D eigenvalue weighted by Gasteiger charge is -2.19. The highest BCUT2D eigenvalue weighted by Crippen LogP contribution is 2.29. The van der Waals surface area contributed by atoms with Crippen molar-refractivity contribution in [3.05, 3.63) is 53.1 Å². The van der Waals surface area contributed by atoms with Crippen LogP contribution >= 0.6 is 11.6 Å². The largest absolute Gasteiger partial charge is 0.345 e. The Balaban J connectivity index is 2.10. The summed E-state index contributed by atoms with van der Waals surface area (Å²) in [6, 6.07) is 13.8. The zero-order valence-electron chi connectivity index (χ0n) is 14.4. The van der Waals surface area contributed by atoms with Gasteiger partial charge in [0, 0.05) is 29.6 Å². The van der Waals surface area contributed by atoms with E-state index in [4.69, 9.17) is 16.6 Å². The first-order valence-corrected chi connectivity index (χ1v) is 8.59. The predicted molar refractivity (Wildman–Crippen MR) is 102 cm³/mol. The van der Waals surface area contributed by atoms with E-state index in [1.54, 1.807) is 0 Å². The molecular formula is C19H18ClN5. The first-order chi connectivity index (χ1) is 12.1. The molecule has 0 unspecified atom stereocenters. The maximum Gasteiger partial charge on any atom is 0.213 e. The highest BCUT2D eigenvalue weighted by molar-refractivity contribution is 6.30. The van der Waals surface area contributed by atoms with Gasteiger partial charge in [0.25, 0.3) is 0 Å². The Kier molecular flexibility index (Phi) is 3.81. The van der Waals surface area contributed by atoms with E-state index >= 15 is 0 Å². The molecule has 0 amide bonds. The lowest BCUT2D eigenvalue weighted by Crippen LogP contribution is -2.21. The average Bonchev–Trinajstić information content (AvgIpc) is 3.06. The van der Waals surface area contributed by atoms with Crippen molar-refractivity contribution >= 4 is 34.1 Å². The average molecular weight is 352 g/mol. The van der Waals surface area contributed by atoms with Crippen LogP contribution in [0.1, 0.15) is 12.5 Å². The summed E-state index contributed by atoms with van der Waals surface area (Å²) in [6.45, 7) is 5.00. The molecule has 0 aliphatic rings. The molecule has 0 saturated carbocycles. The van der Waals surface area contributed by atoms with Crippen LogP contribution in [0.15, 0.2) is 42.5 Å². The van der Waals surface area contributed by atoms with Gasteiger partial charge in [-0.05, 0) is 50.2 Å². The van der Waals surface area contributed by atoms with E-state index in [2.05, 4.69) is 41.1 Å². The Morgan fingerprint density at radius 1 is 1.08 bits per heavy atom. The summed E-state index contributed by atoms with van der Waals surface area (Å²) in [5, 5.41) is 10.6. The maximum atomic E-state index is 6.03. The van der Waals surface area contributed by atoms with Gasteiger partial charge in [0.2, 0.25) is 5.95 Å². The molecule has 0 bridgehead atoms. The molecule has 0 aliphatic heterocycles. The number of hydrogen-bond donors (Lipinski definition) is 0. The van der Waals surface area contributed by atoms with Crippen molar-refractivity contribution in [3.8, 4) is 11.4 Å². The zero-order valence-corrected chi connectivity index (χ0v) is 15.1. The molecule has 6 heteroatoms. The number of aromatic nitrogens is 4. The van der Waals surface area contributed by atoms with Crippen molar-refractivity contribution in [1.82, 2.24) is 19.6 Å². The van der Waals surface area contributed by atoms with Gasteiger partial charge in [-0.1, -0.05) is 23.2 Å². The number of aryl methyl sites for hydroxylation is 1. The third kappa shape index (κ3) is 2.61. The van der Waals surface area contributed by atoms with Crippen LogP contribution in [0.25, 0.3) is 27.9 Å². The van der Waals surface area contributed by atoms with Gasteiger partial charge in [-0.15, -0.1) is 10.2 Å². The molecule has 4 aromatic rings. The quantitative estimate of drug-likeness (QED) is 0.550. The number of halogens is 1. The van der Waals surface area contributed by atoms with Gasteiger partial charge in [-0.2, -0.15) is 0 Å². The molecule has 0 aliphatic carbocycles. The van der Waals surface area contributed by atoms with Crippen LogP contribution in [0.2, 0.25) is 5.02 Å². The Bertz CT molecular complexity index is 1070. The fourth-order valence-electron chi connectivity index (χ4n) is 2.92. The van der Waals surface area contributed by atoms with E-state index in [9.17, 15) is 0 Å². The molecule has 0 fully saturated rings. The molecule has 0 N–H and O–H groups in total. The van der Waals surface area contributed by atoms with Crippen LogP contribution in [-0.4, -0.2) is 33.2 Å². The topological polar surface area (TPSA) is 46.3 Å². The SMILES string of the molecule is CCN(C)c1nc2ccc(C)cc2c2nnc(-c3ccc(Cl)cc3)n12. The second-order valence-electron chi connectivity index (χ2n) is 6.14. The number of nitrogens with zero attached hydrogens (tertiary/aromatic N) is 5. The molecule has 0 spiro atoms. The van der Waals surface area contributed by atoms with Gasteiger partial charge in [0.1, 0.15) is 0 Å². The van der Waals surface area contributed by atoms with Crippen LogP contribution in [0.3, 0.4) is 0 Å². The van der Waals surface area contributed by atoms with E-state index in [1.165, 1.54) is 5.56 Å². The van der Waals surface area contributed by atoms with Crippen molar-refractivity contribution in [3.63, 3.8) is 0 Å². The van der Waals surface area contributed by atoms with Crippen LogP contribution < -0.4 is 4.90 Å². The summed E-state index contributed by atoms with van der Waals surface area (Å²) in [6.07, 6.45) is 0. The molecule has 0 radical (unpaired) electrons. The monoisotopic (exact) mass is 351 g/mol. The first-order valence-electron chi connectivity index (χ1n) is 8.21. The van der Waals surface area contributed by atoms with Gasteiger partial charge < -0.3 is 4.90 Å². The van der Waals surface area contributed by atoms with Gasteiger partial charge in [0.05, 0.1) is 5.52 Å². The molecular weight excluding hydrogens is 334 g/mol. The van der Waals surface area contributed by atoms with Crippen LogP contribution in [-0.2, 0) is 0 Å². The summed E-state index contributed by atoms with van der Waals surface area (Å²) in [5.41, 5.74) is 3.86.